The second kappa shape index (κ2) is 7.28. The number of pyridine rings is 1. The molecule has 1 saturated heterocycles. The van der Waals surface area contributed by atoms with Crippen molar-refractivity contribution in [3.8, 4) is 0 Å². The van der Waals surface area contributed by atoms with Gasteiger partial charge in [0, 0.05) is 23.9 Å². The van der Waals surface area contributed by atoms with Crippen LogP contribution in [0.5, 0.6) is 0 Å². The van der Waals surface area contributed by atoms with Gasteiger partial charge in [0.15, 0.2) is 0 Å². The number of carbonyl (C=O) groups excluding carboxylic acids is 1. The van der Waals surface area contributed by atoms with Gasteiger partial charge in [0.1, 0.15) is 5.69 Å². The van der Waals surface area contributed by atoms with E-state index in [0.29, 0.717) is 42.2 Å². The number of aliphatic hydroxyl groups is 2. The molecule has 25 heavy (non-hydrogen) atoms. The topological polar surface area (TPSA) is 73.7 Å². The smallest absolute Gasteiger partial charge is 0.272 e. The summed E-state index contributed by atoms with van der Waals surface area (Å²) < 4.78 is 0. The van der Waals surface area contributed by atoms with Crippen LogP contribution in [-0.2, 0) is 0 Å². The Morgan fingerprint density at radius 1 is 1.40 bits per heavy atom. The van der Waals surface area contributed by atoms with Crippen LogP contribution in [-0.4, -0.2) is 51.8 Å². The third-order valence-electron chi connectivity index (χ3n) is 5.13. The molecule has 2 atom stereocenters. The summed E-state index contributed by atoms with van der Waals surface area (Å²) in [6.07, 6.45) is 1.37. The SMILES string of the molecule is CCC[C@@]1(CO)CN(C(=O)c2ccc3cccc(Cl)c3n2)CC[C@H]1O. The molecule has 6 heteroatoms. The van der Waals surface area contributed by atoms with Crippen molar-refractivity contribution in [1.29, 1.82) is 0 Å². The summed E-state index contributed by atoms with van der Waals surface area (Å²) in [6, 6.07) is 9.04. The molecule has 0 aliphatic carbocycles. The molecule has 0 bridgehead atoms. The first-order valence-corrected chi connectivity index (χ1v) is 9.02. The van der Waals surface area contributed by atoms with Gasteiger partial charge in [0.05, 0.1) is 23.3 Å². The number of nitrogens with zero attached hydrogens (tertiary/aromatic N) is 2. The van der Waals surface area contributed by atoms with E-state index < -0.39 is 11.5 Å². The first-order chi connectivity index (χ1) is 12.0. The zero-order valence-corrected chi connectivity index (χ0v) is 15.0. The average molecular weight is 363 g/mol. The third kappa shape index (κ3) is 3.36. The molecule has 2 N–H and O–H groups in total. The standard InChI is InChI=1S/C19H23ClN2O3/c1-2-9-19(12-23)11-22(10-8-16(19)24)18(25)15-7-6-13-4-3-5-14(20)17(13)21-15/h3-7,16,23-24H,2,8-12H2,1H3/t16-,19+/m1/s1. The fraction of sp³-hybridized carbons (Fsp3) is 0.474. The van der Waals surface area contributed by atoms with Crippen LogP contribution >= 0.6 is 11.6 Å². The monoisotopic (exact) mass is 362 g/mol. The minimum atomic E-state index is -0.656. The summed E-state index contributed by atoms with van der Waals surface area (Å²) in [6.45, 7) is 2.66. The van der Waals surface area contributed by atoms with Crippen LogP contribution < -0.4 is 0 Å². The average Bonchev–Trinajstić information content (AvgIpc) is 2.63. The lowest BCUT2D eigenvalue weighted by molar-refractivity contribution is -0.0721. The number of piperidine rings is 1. The van der Waals surface area contributed by atoms with E-state index in [9.17, 15) is 15.0 Å². The van der Waals surface area contributed by atoms with E-state index in [0.717, 1.165) is 11.8 Å². The third-order valence-corrected chi connectivity index (χ3v) is 5.43. The van der Waals surface area contributed by atoms with Crippen LogP contribution in [0.25, 0.3) is 10.9 Å². The lowest BCUT2D eigenvalue weighted by atomic mass is 9.74. The highest BCUT2D eigenvalue weighted by Gasteiger charge is 2.43. The summed E-state index contributed by atoms with van der Waals surface area (Å²) in [5.41, 5.74) is 0.284. The maximum Gasteiger partial charge on any atom is 0.272 e. The number of aromatic nitrogens is 1. The Balaban J connectivity index is 1.89. The zero-order valence-electron chi connectivity index (χ0n) is 14.3. The Bertz CT molecular complexity index is 782. The highest BCUT2D eigenvalue weighted by atomic mass is 35.5. The van der Waals surface area contributed by atoms with Crippen LogP contribution in [0, 0.1) is 5.41 Å². The maximum absolute atomic E-state index is 12.9. The number of amides is 1. The summed E-state index contributed by atoms with van der Waals surface area (Å²) >= 11 is 6.19. The number of aliphatic hydroxyl groups excluding tert-OH is 2. The predicted octanol–water partition coefficient (Wildman–Crippen LogP) is 2.87. The zero-order chi connectivity index (χ0) is 18.0. The van der Waals surface area contributed by atoms with Crippen molar-refractivity contribution in [3.05, 3.63) is 41.0 Å². The molecule has 2 aromatic rings. The maximum atomic E-state index is 12.9. The van der Waals surface area contributed by atoms with Crippen LogP contribution in [0.3, 0.4) is 0 Å². The molecule has 0 unspecified atom stereocenters. The molecule has 0 radical (unpaired) electrons. The summed E-state index contributed by atoms with van der Waals surface area (Å²) in [7, 11) is 0. The molecule has 134 valence electrons. The lowest BCUT2D eigenvalue weighted by Gasteiger charge is -2.45. The molecule has 1 aromatic carbocycles. The van der Waals surface area contributed by atoms with Crippen LogP contribution in [0.2, 0.25) is 5.02 Å². The van der Waals surface area contributed by atoms with Gasteiger partial charge in [-0.05, 0) is 25.0 Å². The van der Waals surface area contributed by atoms with Gasteiger partial charge in [-0.2, -0.15) is 0 Å². The van der Waals surface area contributed by atoms with E-state index >= 15 is 0 Å². The van der Waals surface area contributed by atoms with Crippen LogP contribution in [0.15, 0.2) is 30.3 Å². The number of fused-ring (bicyclic) bond motifs is 1. The van der Waals surface area contributed by atoms with Gasteiger partial charge >= 0.3 is 0 Å². The van der Waals surface area contributed by atoms with E-state index in [-0.39, 0.29) is 12.5 Å². The number of benzene rings is 1. The van der Waals surface area contributed by atoms with E-state index in [1.807, 2.05) is 25.1 Å². The molecular formula is C19H23ClN2O3. The molecule has 5 nitrogen and oxygen atoms in total. The Kier molecular flexibility index (Phi) is 5.27. The highest BCUT2D eigenvalue weighted by molar-refractivity contribution is 6.35. The Labute approximate surface area is 152 Å². The molecule has 1 aliphatic heterocycles. The van der Waals surface area contributed by atoms with E-state index in [1.165, 1.54) is 0 Å². The first kappa shape index (κ1) is 18.1. The summed E-state index contributed by atoms with van der Waals surface area (Å²) in [5.74, 6) is -0.192. The number of carbonyl (C=O) groups is 1. The fourth-order valence-electron chi connectivity index (χ4n) is 3.69. The summed E-state index contributed by atoms with van der Waals surface area (Å²) in [5, 5.41) is 21.6. The Morgan fingerprint density at radius 2 is 2.20 bits per heavy atom. The first-order valence-electron chi connectivity index (χ1n) is 8.64. The van der Waals surface area contributed by atoms with Crippen molar-refractivity contribution in [2.75, 3.05) is 19.7 Å². The fourth-order valence-corrected chi connectivity index (χ4v) is 3.92. The highest BCUT2D eigenvalue weighted by Crippen LogP contribution is 2.35. The minimum Gasteiger partial charge on any atom is -0.396 e. The van der Waals surface area contributed by atoms with Crippen molar-refractivity contribution in [2.24, 2.45) is 5.41 Å². The van der Waals surface area contributed by atoms with Gasteiger partial charge < -0.3 is 15.1 Å². The van der Waals surface area contributed by atoms with Crippen molar-refractivity contribution in [3.63, 3.8) is 0 Å². The van der Waals surface area contributed by atoms with Crippen LogP contribution in [0.1, 0.15) is 36.7 Å². The normalized spacial score (nSPS) is 23.8. The molecule has 3 rings (SSSR count). The minimum absolute atomic E-state index is 0.136. The molecule has 1 fully saturated rings. The lowest BCUT2D eigenvalue weighted by Crippen LogP contribution is -2.55. The molecule has 1 aromatic heterocycles. The van der Waals surface area contributed by atoms with Crippen molar-refractivity contribution in [1.82, 2.24) is 9.88 Å². The second-order valence-corrected chi connectivity index (χ2v) is 7.22. The van der Waals surface area contributed by atoms with Crippen molar-refractivity contribution < 1.29 is 15.0 Å². The number of likely N-dealkylation sites (tertiary alicyclic amines) is 1. The quantitative estimate of drug-likeness (QED) is 0.877. The van der Waals surface area contributed by atoms with E-state index in [2.05, 4.69) is 4.98 Å². The molecule has 1 aliphatic rings. The van der Waals surface area contributed by atoms with Crippen LogP contribution in [0.4, 0.5) is 0 Å². The van der Waals surface area contributed by atoms with Gasteiger partial charge in [-0.1, -0.05) is 43.1 Å². The number of para-hydroxylation sites is 1. The van der Waals surface area contributed by atoms with Gasteiger partial charge in [-0.3, -0.25) is 4.79 Å². The van der Waals surface area contributed by atoms with Gasteiger partial charge in [-0.25, -0.2) is 4.98 Å². The van der Waals surface area contributed by atoms with Crippen molar-refractivity contribution in [2.45, 2.75) is 32.3 Å². The molecule has 1 amide bonds. The molecule has 0 saturated carbocycles. The molecule has 2 heterocycles. The summed E-state index contributed by atoms with van der Waals surface area (Å²) in [4.78, 5) is 19.1. The molecule has 0 spiro atoms. The van der Waals surface area contributed by atoms with E-state index in [4.69, 9.17) is 11.6 Å². The largest absolute Gasteiger partial charge is 0.396 e. The molecular weight excluding hydrogens is 340 g/mol. The number of rotatable bonds is 4. The Hall–Kier alpha value is -1.69. The number of halogens is 1. The van der Waals surface area contributed by atoms with E-state index in [1.54, 1.807) is 17.0 Å². The van der Waals surface area contributed by atoms with Gasteiger partial charge in [0.2, 0.25) is 0 Å². The van der Waals surface area contributed by atoms with Gasteiger partial charge in [-0.15, -0.1) is 0 Å². The van der Waals surface area contributed by atoms with Crippen molar-refractivity contribution >= 4 is 28.4 Å². The number of hydrogen-bond acceptors (Lipinski definition) is 4. The predicted molar refractivity (Wildman–Crippen MR) is 97.7 cm³/mol. The second-order valence-electron chi connectivity index (χ2n) is 6.81. The van der Waals surface area contributed by atoms with Gasteiger partial charge in [0.25, 0.3) is 5.91 Å². The Morgan fingerprint density at radius 3 is 2.92 bits per heavy atom. The number of hydrogen-bond donors (Lipinski definition) is 2.